The standard InChI is InChI=1S/C14H18O4.C9H10O4/c1-17-13-9-10(7-8-12(13)15)14(16)18-11-5-3-2-4-6-11;1-12-8-5-6(9(11)13-2)3-4-7(8)10/h7-9,11,15H,2-6H2,1H3;3-5,10H,1-2H3. The number of hydrogen-bond acceptors (Lipinski definition) is 8. The zero-order valence-corrected chi connectivity index (χ0v) is 17.9. The van der Waals surface area contributed by atoms with Gasteiger partial charge in [-0.3, -0.25) is 0 Å². The predicted molar refractivity (Wildman–Crippen MR) is 113 cm³/mol. The Labute approximate surface area is 181 Å². The number of aromatic hydroxyl groups is 2. The Morgan fingerprint density at radius 1 is 0.774 bits per heavy atom. The van der Waals surface area contributed by atoms with Gasteiger partial charge in [-0.2, -0.15) is 0 Å². The zero-order valence-electron chi connectivity index (χ0n) is 17.9. The number of esters is 2. The van der Waals surface area contributed by atoms with E-state index in [1.807, 2.05) is 0 Å². The molecule has 0 unspecified atom stereocenters. The number of methoxy groups -OCH3 is 3. The van der Waals surface area contributed by atoms with E-state index in [9.17, 15) is 19.8 Å². The van der Waals surface area contributed by atoms with Crippen LogP contribution in [0, 0.1) is 0 Å². The molecular formula is C23H28O8. The summed E-state index contributed by atoms with van der Waals surface area (Å²) in [5, 5.41) is 18.7. The maximum atomic E-state index is 11.9. The number of hydrogen-bond donors (Lipinski definition) is 2. The van der Waals surface area contributed by atoms with Crippen LogP contribution in [0.25, 0.3) is 0 Å². The fourth-order valence-electron chi connectivity index (χ4n) is 3.13. The topological polar surface area (TPSA) is 112 Å². The van der Waals surface area contributed by atoms with E-state index in [-0.39, 0.29) is 35.1 Å². The highest BCUT2D eigenvalue weighted by Crippen LogP contribution is 2.28. The highest BCUT2D eigenvalue weighted by molar-refractivity contribution is 5.90. The molecular weight excluding hydrogens is 404 g/mol. The van der Waals surface area contributed by atoms with Crippen LogP contribution in [0.5, 0.6) is 23.0 Å². The van der Waals surface area contributed by atoms with Crippen LogP contribution in [-0.4, -0.2) is 49.6 Å². The van der Waals surface area contributed by atoms with Gasteiger partial charge in [0.25, 0.3) is 0 Å². The van der Waals surface area contributed by atoms with Crippen molar-refractivity contribution in [3.8, 4) is 23.0 Å². The number of ether oxygens (including phenoxy) is 4. The summed E-state index contributed by atoms with van der Waals surface area (Å²) in [6, 6.07) is 8.75. The smallest absolute Gasteiger partial charge is 0.338 e. The van der Waals surface area contributed by atoms with Crippen LogP contribution >= 0.6 is 0 Å². The van der Waals surface area contributed by atoms with Crippen molar-refractivity contribution >= 4 is 11.9 Å². The van der Waals surface area contributed by atoms with E-state index in [4.69, 9.17) is 14.2 Å². The van der Waals surface area contributed by atoms with Crippen molar-refractivity contribution in [2.45, 2.75) is 38.2 Å². The van der Waals surface area contributed by atoms with Crippen molar-refractivity contribution in [3.05, 3.63) is 47.5 Å². The first-order valence-electron chi connectivity index (χ1n) is 9.92. The third-order valence-electron chi connectivity index (χ3n) is 4.84. The number of phenols is 2. The second-order valence-electron chi connectivity index (χ2n) is 6.93. The van der Waals surface area contributed by atoms with Crippen LogP contribution in [0.3, 0.4) is 0 Å². The fourth-order valence-corrected chi connectivity index (χ4v) is 3.13. The van der Waals surface area contributed by atoms with Crippen LogP contribution in [0.15, 0.2) is 36.4 Å². The molecule has 0 aliphatic heterocycles. The van der Waals surface area contributed by atoms with E-state index in [0.29, 0.717) is 11.1 Å². The molecule has 31 heavy (non-hydrogen) atoms. The zero-order chi connectivity index (χ0) is 22.8. The van der Waals surface area contributed by atoms with Gasteiger partial charge in [-0.05, 0) is 62.1 Å². The number of rotatable bonds is 5. The van der Waals surface area contributed by atoms with Gasteiger partial charge in [-0.25, -0.2) is 9.59 Å². The molecule has 0 saturated heterocycles. The van der Waals surface area contributed by atoms with Gasteiger partial charge in [-0.1, -0.05) is 6.42 Å². The van der Waals surface area contributed by atoms with Crippen LogP contribution in [-0.2, 0) is 9.47 Å². The average molecular weight is 432 g/mol. The highest BCUT2D eigenvalue weighted by Gasteiger charge is 2.19. The Hall–Kier alpha value is -3.42. The van der Waals surface area contributed by atoms with Gasteiger partial charge < -0.3 is 29.2 Å². The quantitative estimate of drug-likeness (QED) is 0.680. The van der Waals surface area contributed by atoms with Crippen molar-refractivity contribution in [2.75, 3.05) is 21.3 Å². The molecule has 1 aliphatic rings. The fraction of sp³-hybridized carbons (Fsp3) is 0.391. The predicted octanol–water partition coefficient (Wildman–Crippen LogP) is 4.08. The van der Waals surface area contributed by atoms with E-state index < -0.39 is 5.97 Å². The molecule has 0 bridgehead atoms. The number of carbonyl (C=O) groups excluding carboxylic acids is 2. The van der Waals surface area contributed by atoms with Crippen LogP contribution in [0.1, 0.15) is 52.8 Å². The summed E-state index contributed by atoms with van der Waals surface area (Å²) in [6.45, 7) is 0. The Balaban J connectivity index is 0.000000233. The summed E-state index contributed by atoms with van der Waals surface area (Å²) in [7, 11) is 4.16. The minimum atomic E-state index is -0.460. The van der Waals surface area contributed by atoms with E-state index in [2.05, 4.69) is 4.74 Å². The summed E-state index contributed by atoms with van der Waals surface area (Å²) in [6.07, 6.45) is 5.39. The SMILES string of the molecule is COC(=O)c1ccc(O)c(OC)c1.COc1cc(C(=O)OC2CCCCC2)ccc1O. The maximum Gasteiger partial charge on any atom is 0.338 e. The van der Waals surface area contributed by atoms with Crippen molar-refractivity contribution in [3.63, 3.8) is 0 Å². The lowest BCUT2D eigenvalue weighted by Gasteiger charge is -2.21. The Morgan fingerprint density at radius 3 is 1.71 bits per heavy atom. The van der Waals surface area contributed by atoms with Gasteiger partial charge in [0.05, 0.1) is 32.5 Å². The van der Waals surface area contributed by atoms with Crippen LogP contribution in [0.2, 0.25) is 0 Å². The Kier molecular flexibility index (Phi) is 8.99. The highest BCUT2D eigenvalue weighted by atomic mass is 16.5. The number of phenolic OH excluding ortho intramolecular Hbond substituents is 2. The van der Waals surface area contributed by atoms with Gasteiger partial charge in [-0.15, -0.1) is 0 Å². The average Bonchev–Trinajstić information content (AvgIpc) is 2.80. The first-order valence-corrected chi connectivity index (χ1v) is 9.92. The molecule has 1 fully saturated rings. The third kappa shape index (κ3) is 6.80. The molecule has 8 nitrogen and oxygen atoms in total. The molecule has 3 rings (SSSR count). The Morgan fingerprint density at radius 2 is 1.26 bits per heavy atom. The maximum absolute atomic E-state index is 11.9. The summed E-state index contributed by atoms with van der Waals surface area (Å²) in [5.41, 5.74) is 0.757. The minimum absolute atomic E-state index is 0.00449. The molecule has 1 aliphatic carbocycles. The van der Waals surface area contributed by atoms with Crippen molar-refractivity contribution < 1.29 is 38.7 Å². The van der Waals surface area contributed by atoms with E-state index >= 15 is 0 Å². The molecule has 0 aromatic heterocycles. The second-order valence-corrected chi connectivity index (χ2v) is 6.93. The molecule has 2 N–H and O–H groups in total. The molecule has 0 amide bonds. The summed E-state index contributed by atoms with van der Waals surface area (Å²) in [5.74, 6) is -0.253. The summed E-state index contributed by atoms with van der Waals surface area (Å²) in [4.78, 5) is 23.0. The molecule has 2 aromatic carbocycles. The largest absolute Gasteiger partial charge is 0.504 e. The lowest BCUT2D eigenvalue weighted by Crippen LogP contribution is -2.20. The summed E-state index contributed by atoms with van der Waals surface area (Å²) < 4.78 is 19.7. The molecule has 1 saturated carbocycles. The molecule has 168 valence electrons. The van der Waals surface area contributed by atoms with E-state index in [1.165, 1.54) is 58.1 Å². The van der Waals surface area contributed by atoms with E-state index in [0.717, 1.165) is 25.7 Å². The monoisotopic (exact) mass is 432 g/mol. The lowest BCUT2D eigenvalue weighted by molar-refractivity contribution is 0.0210. The Bertz CT molecular complexity index is 887. The first-order chi connectivity index (χ1) is 14.9. The third-order valence-corrected chi connectivity index (χ3v) is 4.84. The molecule has 8 heteroatoms. The van der Waals surface area contributed by atoms with Crippen molar-refractivity contribution in [2.24, 2.45) is 0 Å². The molecule has 2 aromatic rings. The van der Waals surface area contributed by atoms with Gasteiger partial charge >= 0.3 is 11.9 Å². The normalized spacial score (nSPS) is 13.4. The lowest BCUT2D eigenvalue weighted by atomic mass is 9.98. The van der Waals surface area contributed by atoms with Gasteiger partial charge in [0.1, 0.15) is 6.10 Å². The van der Waals surface area contributed by atoms with Crippen LogP contribution < -0.4 is 9.47 Å². The van der Waals surface area contributed by atoms with Gasteiger partial charge in [0, 0.05) is 0 Å². The molecule has 0 heterocycles. The number of benzene rings is 2. The van der Waals surface area contributed by atoms with Crippen molar-refractivity contribution in [1.29, 1.82) is 0 Å². The van der Waals surface area contributed by atoms with Crippen molar-refractivity contribution in [1.82, 2.24) is 0 Å². The first kappa shape index (κ1) is 23.9. The summed E-state index contributed by atoms with van der Waals surface area (Å²) >= 11 is 0. The molecule has 0 spiro atoms. The van der Waals surface area contributed by atoms with Gasteiger partial charge in [0.15, 0.2) is 23.0 Å². The van der Waals surface area contributed by atoms with E-state index in [1.54, 1.807) is 6.07 Å². The molecule has 0 atom stereocenters. The second kappa shape index (κ2) is 11.7. The van der Waals surface area contributed by atoms with Crippen LogP contribution in [0.4, 0.5) is 0 Å². The number of carbonyl (C=O) groups is 2. The minimum Gasteiger partial charge on any atom is -0.504 e. The van der Waals surface area contributed by atoms with Gasteiger partial charge in [0.2, 0.25) is 0 Å². The molecule has 0 radical (unpaired) electrons.